The van der Waals surface area contributed by atoms with Gasteiger partial charge in [-0.15, -0.1) is 0 Å². The summed E-state index contributed by atoms with van der Waals surface area (Å²) in [4.78, 5) is 14.1. The Morgan fingerprint density at radius 3 is 2.26 bits per heavy atom. The van der Waals surface area contributed by atoms with Crippen LogP contribution >= 0.6 is 0 Å². The van der Waals surface area contributed by atoms with Gasteiger partial charge in [0.15, 0.2) is 0 Å². The molecular formula is C20H24N2O4S. The number of piperidine rings is 1. The Morgan fingerprint density at radius 1 is 1.00 bits per heavy atom. The number of hydrogen-bond acceptors (Lipinski definition) is 4. The number of nitrogens with one attached hydrogen (secondary N) is 1. The number of carbonyl (C=O) groups excluding carboxylic acids is 1. The lowest BCUT2D eigenvalue weighted by atomic mass is 10.1. The van der Waals surface area contributed by atoms with Crippen molar-refractivity contribution < 1.29 is 18.3 Å². The van der Waals surface area contributed by atoms with Gasteiger partial charge in [0.25, 0.3) is 0 Å². The number of sulfonamides is 1. The highest BCUT2D eigenvalue weighted by molar-refractivity contribution is 7.91. The maximum Gasteiger partial charge on any atom is 0.236 e. The molecule has 1 fully saturated rings. The van der Waals surface area contributed by atoms with Crippen LogP contribution in [0.4, 0.5) is 5.69 Å². The zero-order chi connectivity index (χ0) is 19.3. The molecule has 0 radical (unpaired) electrons. The fourth-order valence-corrected chi connectivity index (χ4v) is 4.30. The second kappa shape index (κ2) is 8.54. The van der Waals surface area contributed by atoms with Crippen LogP contribution in [0.15, 0.2) is 54.6 Å². The van der Waals surface area contributed by atoms with Crippen molar-refractivity contribution in [2.45, 2.75) is 31.1 Å². The summed E-state index contributed by atoms with van der Waals surface area (Å²) in [6.45, 7) is 1.16. The molecule has 1 aliphatic rings. The molecule has 0 spiro atoms. The standard InChI is InChI=1S/C20H24N2O4S/c23-19-10-12-22(13-11-19)20(24)14-16-6-8-18(9-7-16)21-27(25,26)15-17-4-2-1-3-5-17/h1-9,19,21,23H,10-15H2. The molecule has 2 aromatic carbocycles. The Morgan fingerprint density at radius 2 is 1.63 bits per heavy atom. The Bertz CT molecular complexity index is 859. The minimum Gasteiger partial charge on any atom is -0.393 e. The lowest BCUT2D eigenvalue weighted by Crippen LogP contribution is -2.40. The summed E-state index contributed by atoms with van der Waals surface area (Å²) in [5.41, 5.74) is 2.03. The Hall–Kier alpha value is -2.38. The smallest absolute Gasteiger partial charge is 0.236 e. The zero-order valence-corrected chi connectivity index (χ0v) is 15.9. The highest BCUT2D eigenvalue weighted by Gasteiger charge is 2.21. The first-order valence-corrected chi connectivity index (χ1v) is 10.7. The van der Waals surface area contributed by atoms with Gasteiger partial charge in [-0.25, -0.2) is 8.42 Å². The normalized spacial score (nSPS) is 15.5. The van der Waals surface area contributed by atoms with E-state index in [0.29, 0.717) is 31.6 Å². The number of hydrogen-bond donors (Lipinski definition) is 2. The molecule has 7 heteroatoms. The van der Waals surface area contributed by atoms with Crippen molar-refractivity contribution in [3.63, 3.8) is 0 Å². The zero-order valence-electron chi connectivity index (χ0n) is 15.0. The van der Waals surface area contributed by atoms with E-state index in [2.05, 4.69) is 4.72 Å². The number of amides is 1. The lowest BCUT2D eigenvalue weighted by Gasteiger charge is -2.29. The van der Waals surface area contributed by atoms with Crippen molar-refractivity contribution >= 4 is 21.6 Å². The van der Waals surface area contributed by atoms with E-state index in [1.807, 2.05) is 6.07 Å². The van der Waals surface area contributed by atoms with Gasteiger partial charge in [-0.05, 0) is 36.1 Å². The van der Waals surface area contributed by atoms with Crippen LogP contribution in [0.1, 0.15) is 24.0 Å². The van der Waals surface area contributed by atoms with Crippen LogP contribution < -0.4 is 4.72 Å². The molecule has 144 valence electrons. The third-order valence-corrected chi connectivity index (χ3v) is 5.86. The quantitative estimate of drug-likeness (QED) is 0.794. The van der Waals surface area contributed by atoms with Gasteiger partial charge >= 0.3 is 0 Å². The minimum atomic E-state index is -3.49. The third kappa shape index (κ3) is 5.80. The van der Waals surface area contributed by atoms with E-state index in [4.69, 9.17) is 0 Å². The second-order valence-electron chi connectivity index (χ2n) is 6.83. The summed E-state index contributed by atoms with van der Waals surface area (Å²) in [7, 11) is -3.49. The summed E-state index contributed by atoms with van der Waals surface area (Å²) in [5.74, 6) is -0.0613. The van der Waals surface area contributed by atoms with Crippen LogP contribution in [-0.2, 0) is 27.0 Å². The molecule has 1 heterocycles. The van der Waals surface area contributed by atoms with Crippen LogP contribution in [0, 0.1) is 0 Å². The van der Waals surface area contributed by atoms with Gasteiger partial charge < -0.3 is 10.0 Å². The van der Waals surface area contributed by atoms with E-state index in [-0.39, 0.29) is 24.2 Å². The Labute approximate surface area is 159 Å². The molecule has 0 unspecified atom stereocenters. The van der Waals surface area contributed by atoms with Crippen LogP contribution in [0.3, 0.4) is 0 Å². The number of aliphatic hydroxyl groups excluding tert-OH is 1. The molecule has 3 rings (SSSR count). The molecule has 2 aromatic rings. The molecule has 1 amide bonds. The topological polar surface area (TPSA) is 86.7 Å². The average molecular weight is 388 g/mol. The average Bonchev–Trinajstić information content (AvgIpc) is 2.64. The molecule has 1 aliphatic heterocycles. The predicted molar refractivity (Wildman–Crippen MR) is 105 cm³/mol. The highest BCUT2D eigenvalue weighted by Crippen LogP contribution is 2.16. The van der Waals surface area contributed by atoms with Gasteiger partial charge in [-0.3, -0.25) is 9.52 Å². The van der Waals surface area contributed by atoms with Crippen molar-refractivity contribution in [1.82, 2.24) is 4.90 Å². The minimum absolute atomic E-state index is 0.0271. The number of likely N-dealkylation sites (tertiary alicyclic amines) is 1. The van der Waals surface area contributed by atoms with Crippen LogP contribution in [0.2, 0.25) is 0 Å². The summed E-state index contributed by atoms with van der Waals surface area (Å²) >= 11 is 0. The van der Waals surface area contributed by atoms with Gasteiger partial charge in [0.2, 0.25) is 15.9 Å². The van der Waals surface area contributed by atoms with Crippen molar-refractivity contribution in [3.05, 3.63) is 65.7 Å². The molecule has 0 saturated carbocycles. The number of aliphatic hydroxyl groups is 1. The summed E-state index contributed by atoms with van der Waals surface area (Å²) in [6.07, 6.45) is 1.20. The Balaban J connectivity index is 1.56. The molecule has 0 aromatic heterocycles. The van der Waals surface area contributed by atoms with Crippen molar-refractivity contribution in [2.24, 2.45) is 0 Å². The fraction of sp³-hybridized carbons (Fsp3) is 0.350. The molecule has 27 heavy (non-hydrogen) atoms. The summed E-state index contributed by atoms with van der Waals surface area (Å²) in [5, 5.41) is 9.52. The van der Waals surface area contributed by atoms with Crippen molar-refractivity contribution in [2.75, 3.05) is 17.8 Å². The number of anilines is 1. The van der Waals surface area contributed by atoms with Gasteiger partial charge in [-0.1, -0.05) is 42.5 Å². The lowest BCUT2D eigenvalue weighted by molar-refractivity contribution is -0.132. The van der Waals surface area contributed by atoms with E-state index in [1.165, 1.54) is 0 Å². The number of nitrogens with zero attached hydrogens (tertiary/aromatic N) is 1. The highest BCUT2D eigenvalue weighted by atomic mass is 32.2. The molecule has 2 N–H and O–H groups in total. The maximum absolute atomic E-state index is 12.3. The first-order chi connectivity index (χ1) is 12.9. The molecular weight excluding hydrogens is 364 g/mol. The largest absolute Gasteiger partial charge is 0.393 e. The first kappa shape index (κ1) is 19.4. The number of benzene rings is 2. The SMILES string of the molecule is O=C(Cc1ccc(NS(=O)(=O)Cc2ccccc2)cc1)N1CCC(O)CC1. The molecule has 0 bridgehead atoms. The first-order valence-electron chi connectivity index (χ1n) is 9.00. The molecule has 1 saturated heterocycles. The van der Waals surface area contributed by atoms with Crippen molar-refractivity contribution in [3.8, 4) is 0 Å². The second-order valence-corrected chi connectivity index (χ2v) is 8.55. The van der Waals surface area contributed by atoms with Crippen LogP contribution in [0.25, 0.3) is 0 Å². The van der Waals surface area contributed by atoms with Gasteiger partial charge in [0.1, 0.15) is 0 Å². The fourth-order valence-electron chi connectivity index (χ4n) is 3.10. The molecule has 0 aliphatic carbocycles. The number of rotatable bonds is 6. The van der Waals surface area contributed by atoms with E-state index in [1.54, 1.807) is 53.4 Å². The number of carbonyl (C=O) groups is 1. The summed E-state index contributed by atoms with van der Waals surface area (Å²) < 4.78 is 27.1. The summed E-state index contributed by atoms with van der Waals surface area (Å²) in [6, 6.07) is 15.9. The van der Waals surface area contributed by atoms with Crippen LogP contribution in [-0.4, -0.2) is 43.5 Å². The third-order valence-electron chi connectivity index (χ3n) is 4.60. The van der Waals surface area contributed by atoms with Crippen molar-refractivity contribution in [1.29, 1.82) is 0 Å². The van der Waals surface area contributed by atoms with Crippen LogP contribution in [0.5, 0.6) is 0 Å². The predicted octanol–water partition coefficient (Wildman–Crippen LogP) is 2.15. The van der Waals surface area contributed by atoms with E-state index < -0.39 is 10.0 Å². The maximum atomic E-state index is 12.3. The van der Waals surface area contributed by atoms with E-state index in [0.717, 1.165) is 11.1 Å². The molecule has 0 atom stereocenters. The monoisotopic (exact) mass is 388 g/mol. The molecule has 6 nitrogen and oxygen atoms in total. The van der Waals surface area contributed by atoms with Gasteiger partial charge in [0, 0.05) is 18.8 Å². The van der Waals surface area contributed by atoms with Gasteiger partial charge in [-0.2, -0.15) is 0 Å². The van der Waals surface area contributed by atoms with Gasteiger partial charge in [0.05, 0.1) is 18.3 Å². The van der Waals surface area contributed by atoms with E-state index >= 15 is 0 Å². The van der Waals surface area contributed by atoms with E-state index in [9.17, 15) is 18.3 Å². The Kier molecular flexibility index (Phi) is 6.13.